The lowest BCUT2D eigenvalue weighted by atomic mass is 9.74. The summed E-state index contributed by atoms with van der Waals surface area (Å²) in [6.45, 7) is 1.16. The van der Waals surface area contributed by atoms with Gasteiger partial charge in [0, 0.05) is 25.6 Å². The minimum atomic E-state index is -3.36. The van der Waals surface area contributed by atoms with Crippen LogP contribution >= 0.6 is 0 Å². The van der Waals surface area contributed by atoms with E-state index < -0.39 is 21.4 Å². The van der Waals surface area contributed by atoms with Crippen molar-refractivity contribution >= 4 is 16.0 Å². The van der Waals surface area contributed by atoms with Gasteiger partial charge >= 0.3 is 5.97 Å². The van der Waals surface area contributed by atoms with Crippen LogP contribution < -0.4 is 0 Å². The molecule has 6 nitrogen and oxygen atoms in total. The first kappa shape index (κ1) is 15.2. The van der Waals surface area contributed by atoms with Crippen LogP contribution in [0.15, 0.2) is 0 Å². The van der Waals surface area contributed by atoms with Gasteiger partial charge in [-0.3, -0.25) is 4.79 Å². The summed E-state index contributed by atoms with van der Waals surface area (Å²) in [4.78, 5) is 11.7. The highest BCUT2D eigenvalue weighted by Crippen LogP contribution is 2.43. The smallest absolute Gasteiger partial charge is 0.311 e. The van der Waals surface area contributed by atoms with Crippen molar-refractivity contribution in [1.29, 1.82) is 0 Å². The Kier molecular flexibility index (Phi) is 4.00. The first-order valence-electron chi connectivity index (χ1n) is 7.73. The minimum Gasteiger partial charge on any atom is -0.481 e. The molecule has 21 heavy (non-hydrogen) atoms. The van der Waals surface area contributed by atoms with Crippen molar-refractivity contribution in [2.45, 2.75) is 32.1 Å². The van der Waals surface area contributed by atoms with E-state index in [0.29, 0.717) is 26.2 Å². The van der Waals surface area contributed by atoms with Gasteiger partial charge in [-0.2, -0.15) is 0 Å². The van der Waals surface area contributed by atoms with Gasteiger partial charge in [-0.05, 0) is 25.2 Å². The average molecular weight is 317 g/mol. The Morgan fingerprint density at radius 3 is 2.67 bits per heavy atom. The van der Waals surface area contributed by atoms with Crippen LogP contribution in [0.1, 0.15) is 32.1 Å². The van der Waals surface area contributed by atoms with Crippen LogP contribution in [0.4, 0.5) is 0 Å². The average Bonchev–Trinajstić information content (AvgIpc) is 3.05. The molecule has 0 unspecified atom stereocenters. The van der Waals surface area contributed by atoms with Crippen molar-refractivity contribution in [2.75, 3.05) is 32.1 Å². The summed E-state index contributed by atoms with van der Waals surface area (Å²) in [5.74, 6) is -0.679. The fraction of sp³-hybridized carbons (Fsp3) is 0.929. The van der Waals surface area contributed by atoms with Gasteiger partial charge in [-0.25, -0.2) is 12.7 Å². The zero-order valence-electron chi connectivity index (χ0n) is 12.2. The Hall–Kier alpha value is -0.660. The number of carbonyl (C=O) groups is 1. The van der Waals surface area contributed by atoms with Crippen LogP contribution in [0.3, 0.4) is 0 Å². The van der Waals surface area contributed by atoms with Gasteiger partial charge < -0.3 is 9.84 Å². The van der Waals surface area contributed by atoms with Crippen molar-refractivity contribution in [2.24, 2.45) is 17.3 Å². The Labute approximate surface area is 125 Å². The lowest BCUT2D eigenvalue weighted by molar-refractivity contribution is -0.157. The summed E-state index contributed by atoms with van der Waals surface area (Å²) >= 11 is 0. The predicted molar refractivity (Wildman–Crippen MR) is 76.3 cm³/mol. The number of fused-ring (bicyclic) bond motifs is 1. The third-order valence-corrected chi connectivity index (χ3v) is 7.37. The van der Waals surface area contributed by atoms with E-state index in [-0.39, 0.29) is 24.1 Å². The molecule has 2 atom stereocenters. The molecule has 120 valence electrons. The molecule has 1 aliphatic carbocycles. The first-order valence-corrected chi connectivity index (χ1v) is 9.34. The fourth-order valence-corrected chi connectivity index (χ4v) is 6.02. The molecule has 0 bridgehead atoms. The summed E-state index contributed by atoms with van der Waals surface area (Å²) in [5, 5.41) is 9.59. The van der Waals surface area contributed by atoms with E-state index in [1.807, 2.05) is 0 Å². The molecule has 7 heteroatoms. The Bertz CT molecular complexity index is 513. The molecule has 2 saturated heterocycles. The van der Waals surface area contributed by atoms with Crippen molar-refractivity contribution in [1.82, 2.24) is 4.31 Å². The highest BCUT2D eigenvalue weighted by molar-refractivity contribution is 7.89. The van der Waals surface area contributed by atoms with Crippen LogP contribution in [0, 0.1) is 17.3 Å². The van der Waals surface area contributed by atoms with Gasteiger partial charge in [0.1, 0.15) is 0 Å². The second-order valence-electron chi connectivity index (χ2n) is 6.70. The summed E-state index contributed by atoms with van der Waals surface area (Å²) < 4.78 is 32.0. The number of carboxylic acids is 1. The molecule has 1 N–H and O–H groups in total. The van der Waals surface area contributed by atoms with Crippen LogP contribution in [-0.4, -0.2) is 55.9 Å². The molecule has 3 fully saturated rings. The van der Waals surface area contributed by atoms with Crippen LogP contribution in [0.5, 0.6) is 0 Å². The number of rotatable bonds is 4. The van der Waals surface area contributed by atoms with E-state index in [0.717, 1.165) is 25.7 Å². The number of sulfonamides is 1. The van der Waals surface area contributed by atoms with E-state index in [1.54, 1.807) is 0 Å². The van der Waals surface area contributed by atoms with Gasteiger partial charge in [0.15, 0.2) is 0 Å². The van der Waals surface area contributed by atoms with E-state index >= 15 is 0 Å². The molecular formula is C14H23NO5S. The maximum Gasteiger partial charge on any atom is 0.311 e. The van der Waals surface area contributed by atoms with E-state index in [2.05, 4.69) is 0 Å². The molecule has 0 aromatic heterocycles. The zero-order valence-corrected chi connectivity index (χ0v) is 13.0. The number of nitrogens with zero attached hydrogens (tertiary/aromatic N) is 1. The molecule has 0 aromatic rings. The molecule has 2 aliphatic heterocycles. The largest absolute Gasteiger partial charge is 0.481 e. The third kappa shape index (κ3) is 2.71. The Balaban J connectivity index is 1.76. The normalized spacial score (nSPS) is 35.0. The van der Waals surface area contributed by atoms with E-state index in [1.165, 1.54) is 4.31 Å². The molecule has 0 radical (unpaired) electrons. The summed E-state index contributed by atoms with van der Waals surface area (Å²) in [6, 6.07) is 0. The number of carboxylic acid groups (broad SMARTS) is 1. The SMILES string of the molecule is O=C(O)[C@]12CCOC[C@H]1CN(S(=O)(=O)CC1CCCC1)C2. The second kappa shape index (κ2) is 5.52. The molecule has 0 aromatic carbocycles. The molecule has 3 aliphatic rings. The van der Waals surface area contributed by atoms with Crippen molar-refractivity contribution < 1.29 is 23.1 Å². The van der Waals surface area contributed by atoms with Gasteiger partial charge in [0.05, 0.1) is 17.8 Å². The minimum absolute atomic E-state index is 0.116. The quantitative estimate of drug-likeness (QED) is 0.834. The molecule has 0 spiro atoms. The lowest BCUT2D eigenvalue weighted by Crippen LogP contribution is -2.45. The van der Waals surface area contributed by atoms with Crippen LogP contribution in [-0.2, 0) is 19.6 Å². The molecule has 0 amide bonds. The topological polar surface area (TPSA) is 83.9 Å². The summed E-state index contributed by atoms with van der Waals surface area (Å²) in [7, 11) is -3.36. The summed E-state index contributed by atoms with van der Waals surface area (Å²) in [6.07, 6.45) is 4.57. The lowest BCUT2D eigenvalue weighted by Gasteiger charge is -2.34. The third-order valence-electron chi connectivity index (χ3n) is 5.42. The van der Waals surface area contributed by atoms with E-state index in [9.17, 15) is 18.3 Å². The number of aliphatic carboxylic acids is 1. The molecule has 2 heterocycles. The molecular weight excluding hydrogens is 294 g/mol. The van der Waals surface area contributed by atoms with E-state index in [4.69, 9.17) is 4.74 Å². The molecule has 1 saturated carbocycles. The zero-order chi connectivity index (χ0) is 15.1. The van der Waals surface area contributed by atoms with Gasteiger partial charge in [0.2, 0.25) is 10.0 Å². The van der Waals surface area contributed by atoms with Crippen molar-refractivity contribution in [3.05, 3.63) is 0 Å². The highest BCUT2D eigenvalue weighted by Gasteiger charge is 2.56. The maximum absolute atomic E-state index is 12.6. The Morgan fingerprint density at radius 1 is 1.33 bits per heavy atom. The molecule has 3 rings (SSSR count). The number of hydrogen-bond acceptors (Lipinski definition) is 4. The monoisotopic (exact) mass is 317 g/mol. The van der Waals surface area contributed by atoms with Crippen LogP contribution in [0.2, 0.25) is 0 Å². The second-order valence-corrected chi connectivity index (χ2v) is 8.72. The van der Waals surface area contributed by atoms with Crippen LogP contribution in [0.25, 0.3) is 0 Å². The summed E-state index contributed by atoms with van der Waals surface area (Å²) in [5.41, 5.74) is -0.943. The first-order chi connectivity index (χ1) is 9.94. The Morgan fingerprint density at radius 2 is 2.05 bits per heavy atom. The van der Waals surface area contributed by atoms with Crippen molar-refractivity contribution in [3.8, 4) is 0 Å². The van der Waals surface area contributed by atoms with Gasteiger partial charge in [0.25, 0.3) is 0 Å². The fourth-order valence-electron chi connectivity index (χ4n) is 4.05. The predicted octanol–water partition coefficient (Wildman–Crippen LogP) is 0.929. The number of hydrogen-bond donors (Lipinski definition) is 1. The van der Waals surface area contributed by atoms with Crippen molar-refractivity contribution in [3.63, 3.8) is 0 Å². The standard InChI is InChI=1S/C14H23NO5S/c16-13(17)14-5-6-20-8-12(14)7-15(10-14)21(18,19)9-11-3-1-2-4-11/h11-12H,1-10H2,(H,16,17)/t12-,14+/m1/s1. The highest BCUT2D eigenvalue weighted by atomic mass is 32.2. The van der Waals surface area contributed by atoms with Gasteiger partial charge in [-0.15, -0.1) is 0 Å². The maximum atomic E-state index is 12.6. The van der Waals surface area contributed by atoms with Gasteiger partial charge in [-0.1, -0.05) is 12.8 Å². The number of ether oxygens (including phenoxy) is 1.